The molecule has 3 aromatic rings. The van der Waals surface area contributed by atoms with Gasteiger partial charge in [-0.05, 0) is 65.9 Å². The summed E-state index contributed by atoms with van der Waals surface area (Å²) in [4.78, 5) is 5.06. The Labute approximate surface area is 178 Å². The lowest BCUT2D eigenvalue weighted by Gasteiger charge is -2.40. The van der Waals surface area contributed by atoms with Crippen molar-refractivity contribution in [2.24, 2.45) is 5.92 Å². The first-order chi connectivity index (χ1) is 14.5. The fraction of sp³-hybridized carbons (Fsp3) is 0.522. The number of hydrogen-bond donors (Lipinski definition) is 0. The Hall–Kier alpha value is -2.67. The molecule has 0 N–H and O–H groups in total. The van der Waals surface area contributed by atoms with Gasteiger partial charge in [0.25, 0.3) is 0 Å². The van der Waals surface area contributed by atoms with Crippen molar-refractivity contribution in [1.29, 1.82) is 0 Å². The first kappa shape index (κ1) is 20.6. The topological polar surface area (TPSA) is 63.2 Å². The lowest BCUT2D eigenvalue weighted by Crippen LogP contribution is -2.48. The van der Waals surface area contributed by atoms with Crippen LogP contribution in [0, 0.1) is 19.8 Å². The summed E-state index contributed by atoms with van der Waals surface area (Å²) in [5.74, 6) is 2.35. The second-order valence-corrected chi connectivity index (χ2v) is 8.66. The fourth-order valence-corrected chi connectivity index (χ4v) is 4.33. The second kappa shape index (κ2) is 9.00. The maximum Gasteiger partial charge on any atom is 0.168 e. The van der Waals surface area contributed by atoms with E-state index in [1.54, 1.807) is 6.26 Å². The zero-order chi connectivity index (χ0) is 21.1. The van der Waals surface area contributed by atoms with Gasteiger partial charge in [-0.3, -0.25) is 4.90 Å². The quantitative estimate of drug-likeness (QED) is 0.592. The number of benzene rings is 1. The number of furan rings is 1. The number of hydrogen-bond acceptors (Lipinski definition) is 6. The summed E-state index contributed by atoms with van der Waals surface area (Å²) in [5.41, 5.74) is 4.09. The van der Waals surface area contributed by atoms with Gasteiger partial charge in [0.05, 0.1) is 12.3 Å². The van der Waals surface area contributed by atoms with E-state index < -0.39 is 0 Å². The lowest BCUT2D eigenvalue weighted by molar-refractivity contribution is 0.153. The molecule has 1 aliphatic rings. The largest absolute Gasteiger partial charge is 0.467 e. The van der Waals surface area contributed by atoms with E-state index in [4.69, 9.17) is 4.42 Å². The maximum atomic E-state index is 5.52. The maximum absolute atomic E-state index is 5.52. The van der Waals surface area contributed by atoms with Crippen molar-refractivity contribution >= 4 is 5.69 Å². The van der Waals surface area contributed by atoms with Gasteiger partial charge >= 0.3 is 0 Å². The molecule has 160 valence electrons. The average molecular weight is 409 g/mol. The molecule has 1 atom stereocenters. The highest BCUT2D eigenvalue weighted by Crippen LogP contribution is 2.30. The van der Waals surface area contributed by atoms with E-state index in [1.807, 2.05) is 16.8 Å². The first-order valence-electron chi connectivity index (χ1n) is 10.9. The molecule has 1 fully saturated rings. The van der Waals surface area contributed by atoms with E-state index >= 15 is 0 Å². The molecule has 1 aliphatic heterocycles. The van der Waals surface area contributed by atoms with Gasteiger partial charge in [-0.25, -0.2) is 4.68 Å². The Morgan fingerprint density at radius 1 is 1.03 bits per heavy atom. The second-order valence-electron chi connectivity index (χ2n) is 8.66. The molecule has 0 unspecified atom stereocenters. The summed E-state index contributed by atoms with van der Waals surface area (Å²) in [6.07, 6.45) is 2.72. The van der Waals surface area contributed by atoms with Crippen LogP contribution in [0.4, 0.5) is 5.69 Å². The molecule has 0 aliphatic carbocycles. The number of aromatic nitrogens is 4. The minimum Gasteiger partial charge on any atom is -0.467 e. The normalized spacial score (nSPS) is 16.4. The van der Waals surface area contributed by atoms with Gasteiger partial charge in [-0.15, -0.1) is 5.10 Å². The van der Waals surface area contributed by atoms with E-state index in [0.717, 1.165) is 44.2 Å². The van der Waals surface area contributed by atoms with Gasteiger partial charge in [0, 0.05) is 31.9 Å². The number of piperazine rings is 1. The van der Waals surface area contributed by atoms with Crippen LogP contribution in [0.15, 0.2) is 41.0 Å². The van der Waals surface area contributed by atoms with Crippen LogP contribution in [0.2, 0.25) is 0 Å². The zero-order valence-corrected chi connectivity index (χ0v) is 18.5. The van der Waals surface area contributed by atoms with Crippen molar-refractivity contribution in [3.8, 4) is 0 Å². The van der Waals surface area contributed by atoms with Crippen molar-refractivity contribution in [3.05, 3.63) is 59.3 Å². The van der Waals surface area contributed by atoms with Crippen molar-refractivity contribution in [2.75, 3.05) is 31.1 Å². The van der Waals surface area contributed by atoms with Gasteiger partial charge in [0.15, 0.2) is 5.82 Å². The van der Waals surface area contributed by atoms with Crippen molar-refractivity contribution < 1.29 is 4.42 Å². The molecule has 30 heavy (non-hydrogen) atoms. The summed E-state index contributed by atoms with van der Waals surface area (Å²) < 4.78 is 7.41. The van der Waals surface area contributed by atoms with Crippen LogP contribution in [0.1, 0.15) is 49.0 Å². The summed E-state index contributed by atoms with van der Waals surface area (Å²) in [6.45, 7) is 13.5. The molecule has 2 aromatic heterocycles. The Kier molecular flexibility index (Phi) is 6.18. The fourth-order valence-electron chi connectivity index (χ4n) is 4.33. The molecule has 0 bridgehead atoms. The third-order valence-corrected chi connectivity index (χ3v) is 6.11. The Bertz CT molecular complexity index is 941. The molecular formula is C23H32N6O. The van der Waals surface area contributed by atoms with Gasteiger partial charge in [-0.2, -0.15) is 0 Å². The Morgan fingerprint density at radius 3 is 2.53 bits per heavy atom. The molecule has 0 spiro atoms. The minimum absolute atomic E-state index is 0.204. The average Bonchev–Trinajstić information content (AvgIpc) is 3.41. The third kappa shape index (κ3) is 4.41. The van der Waals surface area contributed by atoms with Gasteiger partial charge in [0.1, 0.15) is 12.3 Å². The molecule has 0 saturated carbocycles. The summed E-state index contributed by atoms with van der Waals surface area (Å²) in [5, 5.41) is 12.7. The lowest BCUT2D eigenvalue weighted by atomic mass is 10.0. The van der Waals surface area contributed by atoms with Crippen LogP contribution < -0.4 is 4.90 Å². The molecule has 7 nitrogen and oxygen atoms in total. The van der Waals surface area contributed by atoms with Gasteiger partial charge in [0.2, 0.25) is 0 Å². The van der Waals surface area contributed by atoms with Crippen LogP contribution in [-0.4, -0.2) is 51.3 Å². The van der Waals surface area contributed by atoms with Crippen molar-refractivity contribution in [2.45, 2.75) is 46.7 Å². The molecule has 4 rings (SSSR count). The summed E-state index contributed by atoms with van der Waals surface area (Å²) >= 11 is 0. The van der Waals surface area contributed by atoms with Gasteiger partial charge < -0.3 is 9.32 Å². The number of tetrazole rings is 1. The van der Waals surface area contributed by atoms with E-state index in [0.29, 0.717) is 12.5 Å². The van der Waals surface area contributed by atoms with Crippen molar-refractivity contribution in [3.63, 3.8) is 0 Å². The standard InChI is InChI=1S/C23H32N6O/c1-17(2)15-22(23-24-25-26-29(23)16-20-8-6-14-30-20)28-12-10-27(11-13-28)21-9-5-7-18(3)19(21)4/h5-9,14,17,22H,10-13,15-16H2,1-4H3/t22-/m1/s1. The molecule has 1 saturated heterocycles. The number of rotatable bonds is 7. The van der Waals surface area contributed by atoms with Crippen molar-refractivity contribution in [1.82, 2.24) is 25.1 Å². The van der Waals surface area contributed by atoms with Crippen LogP contribution in [0.3, 0.4) is 0 Å². The first-order valence-corrected chi connectivity index (χ1v) is 10.9. The van der Waals surface area contributed by atoms with Crippen LogP contribution in [-0.2, 0) is 6.54 Å². The molecular weight excluding hydrogens is 376 g/mol. The Morgan fingerprint density at radius 2 is 1.83 bits per heavy atom. The highest BCUT2D eigenvalue weighted by molar-refractivity contribution is 5.56. The SMILES string of the molecule is Cc1cccc(N2CCN([C@H](CC(C)C)c3nnnn3Cc3ccco3)CC2)c1C. The highest BCUT2D eigenvalue weighted by atomic mass is 16.3. The summed E-state index contributed by atoms with van der Waals surface area (Å²) in [6, 6.07) is 10.7. The smallest absolute Gasteiger partial charge is 0.168 e. The van der Waals surface area contributed by atoms with E-state index in [2.05, 4.69) is 71.2 Å². The zero-order valence-electron chi connectivity index (χ0n) is 18.5. The predicted octanol–water partition coefficient (Wildman–Crippen LogP) is 3.84. The molecule has 1 aromatic carbocycles. The minimum atomic E-state index is 0.204. The number of nitrogens with zero attached hydrogens (tertiary/aromatic N) is 6. The van der Waals surface area contributed by atoms with Crippen LogP contribution in [0.5, 0.6) is 0 Å². The molecule has 0 radical (unpaired) electrons. The van der Waals surface area contributed by atoms with E-state index in [1.165, 1.54) is 16.8 Å². The van der Waals surface area contributed by atoms with E-state index in [9.17, 15) is 0 Å². The molecule has 7 heteroatoms. The molecule has 0 amide bonds. The third-order valence-electron chi connectivity index (χ3n) is 6.11. The molecule has 3 heterocycles. The van der Waals surface area contributed by atoms with Gasteiger partial charge in [-0.1, -0.05) is 26.0 Å². The van der Waals surface area contributed by atoms with Crippen LogP contribution in [0.25, 0.3) is 0 Å². The Balaban J connectivity index is 1.51. The monoisotopic (exact) mass is 408 g/mol. The van der Waals surface area contributed by atoms with Crippen LogP contribution >= 0.6 is 0 Å². The predicted molar refractivity (Wildman–Crippen MR) is 118 cm³/mol. The number of anilines is 1. The number of aryl methyl sites for hydroxylation is 1. The highest BCUT2D eigenvalue weighted by Gasteiger charge is 2.30. The summed E-state index contributed by atoms with van der Waals surface area (Å²) in [7, 11) is 0. The van der Waals surface area contributed by atoms with E-state index in [-0.39, 0.29) is 6.04 Å².